The summed E-state index contributed by atoms with van der Waals surface area (Å²) >= 11 is 0. The molecule has 6 nitrogen and oxygen atoms in total. The van der Waals surface area contributed by atoms with Gasteiger partial charge < -0.3 is 9.30 Å². The zero-order valence-electron chi connectivity index (χ0n) is 15.5. The van der Waals surface area contributed by atoms with Gasteiger partial charge in [-0.2, -0.15) is 5.10 Å². The summed E-state index contributed by atoms with van der Waals surface area (Å²) in [5.41, 5.74) is 2.68. The molecular formula is C22H16FN3O3. The Kier molecular flexibility index (Phi) is 3.84. The van der Waals surface area contributed by atoms with Crippen LogP contribution in [0.4, 0.5) is 4.39 Å². The van der Waals surface area contributed by atoms with Crippen LogP contribution >= 0.6 is 0 Å². The molecule has 0 saturated heterocycles. The van der Waals surface area contributed by atoms with Gasteiger partial charge in [0.25, 0.3) is 5.56 Å². The standard InChI is InChI=1S/C22H16FN3O3/c1-26-17-8-3-2-7-14(17)21-19(22(26)28)15(10-18(27)29-21)16-11-24-25-20(16)12-5-4-6-13(23)9-12/h2-9,11,15H,10H2,1H3,(H,24,25)/t15-/m0/s1. The van der Waals surface area contributed by atoms with E-state index in [2.05, 4.69) is 10.2 Å². The van der Waals surface area contributed by atoms with E-state index in [0.29, 0.717) is 33.3 Å². The normalized spacial score (nSPS) is 15.9. The molecule has 29 heavy (non-hydrogen) atoms. The van der Waals surface area contributed by atoms with Crippen LogP contribution in [0.5, 0.6) is 5.75 Å². The predicted molar refractivity (Wildman–Crippen MR) is 105 cm³/mol. The molecule has 0 saturated carbocycles. The van der Waals surface area contributed by atoms with E-state index in [9.17, 15) is 14.0 Å². The number of carbonyl (C=O) groups excluding carboxylic acids is 1. The van der Waals surface area contributed by atoms with E-state index in [1.54, 1.807) is 29.9 Å². The number of hydrogen-bond acceptors (Lipinski definition) is 4. The van der Waals surface area contributed by atoms with Crippen molar-refractivity contribution in [2.45, 2.75) is 12.3 Å². The molecule has 1 aliphatic rings. The van der Waals surface area contributed by atoms with Crippen molar-refractivity contribution in [3.8, 4) is 17.0 Å². The third-order valence-corrected chi connectivity index (χ3v) is 5.38. The molecule has 0 amide bonds. The fourth-order valence-corrected chi connectivity index (χ4v) is 4.03. The van der Waals surface area contributed by atoms with Gasteiger partial charge in [0, 0.05) is 29.5 Å². The zero-order chi connectivity index (χ0) is 20.1. The number of hydrogen-bond donors (Lipinski definition) is 1. The summed E-state index contributed by atoms with van der Waals surface area (Å²) in [5, 5.41) is 7.69. The summed E-state index contributed by atoms with van der Waals surface area (Å²) in [7, 11) is 1.70. The number of carbonyl (C=O) groups is 1. The molecule has 0 aliphatic carbocycles. The maximum Gasteiger partial charge on any atom is 0.312 e. The highest BCUT2D eigenvalue weighted by atomic mass is 19.1. The Balaban J connectivity index is 1.78. The maximum absolute atomic E-state index is 13.8. The monoisotopic (exact) mass is 389 g/mol. The highest BCUT2D eigenvalue weighted by molar-refractivity contribution is 5.92. The van der Waals surface area contributed by atoms with Crippen molar-refractivity contribution in [2.24, 2.45) is 7.05 Å². The van der Waals surface area contributed by atoms with Gasteiger partial charge in [0.2, 0.25) is 0 Å². The van der Waals surface area contributed by atoms with Gasteiger partial charge in [-0.05, 0) is 24.3 Å². The molecule has 3 heterocycles. The second-order valence-corrected chi connectivity index (χ2v) is 7.07. The number of ether oxygens (including phenoxy) is 1. The zero-order valence-corrected chi connectivity index (χ0v) is 15.5. The number of halogens is 1. The molecule has 1 aliphatic heterocycles. The van der Waals surface area contributed by atoms with Crippen molar-refractivity contribution < 1.29 is 13.9 Å². The highest BCUT2D eigenvalue weighted by Crippen LogP contribution is 2.42. The fraction of sp³-hybridized carbons (Fsp3) is 0.136. The summed E-state index contributed by atoms with van der Waals surface area (Å²) in [4.78, 5) is 25.7. The van der Waals surface area contributed by atoms with Crippen molar-refractivity contribution in [1.29, 1.82) is 0 Å². The van der Waals surface area contributed by atoms with Crippen molar-refractivity contribution in [1.82, 2.24) is 14.8 Å². The lowest BCUT2D eigenvalue weighted by atomic mass is 9.85. The van der Waals surface area contributed by atoms with Crippen molar-refractivity contribution >= 4 is 16.9 Å². The first kappa shape index (κ1) is 17.4. The summed E-state index contributed by atoms with van der Waals surface area (Å²) in [5.74, 6) is -1.07. The van der Waals surface area contributed by atoms with Crippen LogP contribution in [0.2, 0.25) is 0 Å². The van der Waals surface area contributed by atoms with Gasteiger partial charge in [0.05, 0.1) is 29.4 Å². The molecule has 0 spiro atoms. The number of benzene rings is 2. The number of aromatic nitrogens is 3. The topological polar surface area (TPSA) is 77.0 Å². The number of H-pyrrole nitrogens is 1. The minimum absolute atomic E-state index is 0.00241. The Morgan fingerprint density at radius 3 is 2.83 bits per heavy atom. The van der Waals surface area contributed by atoms with Crippen molar-refractivity contribution in [3.05, 3.63) is 82.0 Å². The fourth-order valence-electron chi connectivity index (χ4n) is 4.03. The van der Waals surface area contributed by atoms with E-state index >= 15 is 0 Å². The van der Waals surface area contributed by atoms with Gasteiger partial charge in [0.15, 0.2) is 0 Å². The summed E-state index contributed by atoms with van der Waals surface area (Å²) < 4.78 is 20.9. The number of nitrogens with one attached hydrogen (secondary N) is 1. The molecular weight excluding hydrogens is 373 g/mol. The van der Waals surface area contributed by atoms with Crippen LogP contribution in [-0.2, 0) is 11.8 Å². The SMILES string of the molecule is Cn1c(=O)c2c(c3ccccc31)OC(=O)C[C@H]2c1cn[nH]c1-c1cccc(F)c1. The Morgan fingerprint density at radius 1 is 1.17 bits per heavy atom. The van der Waals surface area contributed by atoms with Crippen LogP contribution in [0.15, 0.2) is 59.5 Å². The van der Waals surface area contributed by atoms with Gasteiger partial charge in [-0.1, -0.05) is 24.3 Å². The van der Waals surface area contributed by atoms with E-state index in [1.807, 2.05) is 24.3 Å². The van der Waals surface area contributed by atoms with Crippen LogP contribution in [0.3, 0.4) is 0 Å². The van der Waals surface area contributed by atoms with Gasteiger partial charge in [-0.15, -0.1) is 0 Å². The summed E-state index contributed by atoms with van der Waals surface area (Å²) in [6, 6.07) is 13.4. The van der Waals surface area contributed by atoms with Gasteiger partial charge in [-0.25, -0.2) is 4.39 Å². The molecule has 0 bridgehead atoms. The van der Waals surface area contributed by atoms with Gasteiger partial charge in [0.1, 0.15) is 11.6 Å². The molecule has 4 aromatic rings. The van der Waals surface area contributed by atoms with Crippen LogP contribution in [0.25, 0.3) is 22.2 Å². The van der Waals surface area contributed by atoms with Crippen LogP contribution in [-0.4, -0.2) is 20.7 Å². The first-order valence-corrected chi connectivity index (χ1v) is 9.16. The second-order valence-electron chi connectivity index (χ2n) is 7.07. The first-order valence-electron chi connectivity index (χ1n) is 9.16. The lowest BCUT2D eigenvalue weighted by Crippen LogP contribution is -2.31. The average Bonchev–Trinajstić information content (AvgIpc) is 3.21. The summed E-state index contributed by atoms with van der Waals surface area (Å²) in [6.45, 7) is 0. The smallest absolute Gasteiger partial charge is 0.312 e. The Bertz CT molecular complexity index is 1340. The number of esters is 1. The number of nitrogens with zero attached hydrogens (tertiary/aromatic N) is 2. The second kappa shape index (κ2) is 6.41. The van der Waals surface area contributed by atoms with E-state index in [1.165, 1.54) is 12.1 Å². The number of para-hydroxylation sites is 1. The van der Waals surface area contributed by atoms with Crippen LogP contribution < -0.4 is 10.3 Å². The Hall–Kier alpha value is -3.74. The van der Waals surface area contributed by atoms with E-state index < -0.39 is 11.9 Å². The third-order valence-electron chi connectivity index (χ3n) is 5.38. The summed E-state index contributed by atoms with van der Waals surface area (Å²) in [6.07, 6.45) is 1.59. The number of aromatic amines is 1. The molecule has 1 atom stereocenters. The lowest BCUT2D eigenvalue weighted by Gasteiger charge is -2.26. The van der Waals surface area contributed by atoms with Crippen molar-refractivity contribution in [3.63, 3.8) is 0 Å². The average molecular weight is 389 g/mol. The molecule has 7 heteroatoms. The number of aryl methyl sites for hydroxylation is 1. The molecule has 0 radical (unpaired) electrons. The number of rotatable bonds is 2. The van der Waals surface area contributed by atoms with Crippen LogP contribution in [0.1, 0.15) is 23.5 Å². The number of fused-ring (bicyclic) bond motifs is 3. The van der Waals surface area contributed by atoms with Gasteiger partial charge in [-0.3, -0.25) is 14.7 Å². The molecule has 144 valence electrons. The quantitative estimate of drug-likeness (QED) is 0.532. The molecule has 0 unspecified atom stereocenters. The largest absolute Gasteiger partial charge is 0.425 e. The minimum Gasteiger partial charge on any atom is -0.425 e. The highest BCUT2D eigenvalue weighted by Gasteiger charge is 2.35. The van der Waals surface area contributed by atoms with E-state index in [0.717, 1.165) is 0 Å². The molecule has 2 aromatic carbocycles. The van der Waals surface area contributed by atoms with E-state index in [4.69, 9.17) is 4.74 Å². The Morgan fingerprint density at radius 2 is 2.00 bits per heavy atom. The third kappa shape index (κ3) is 2.66. The maximum atomic E-state index is 13.8. The lowest BCUT2D eigenvalue weighted by molar-refractivity contribution is -0.135. The molecule has 5 rings (SSSR count). The van der Waals surface area contributed by atoms with E-state index in [-0.39, 0.29) is 23.5 Å². The predicted octanol–water partition coefficient (Wildman–Crippen LogP) is 3.51. The van der Waals surface area contributed by atoms with Crippen LogP contribution in [0, 0.1) is 5.82 Å². The number of pyridine rings is 1. The molecule has 1 N–H and O–H groups in total. The Labute approximate surface area is 164 Å². The molecule has 2 aromatic heterocycles. The van der Waals surface area contributed by atoms with Gasteiger partial charge >= 0.3 is 5.97 Å². The minimum atomic E-state index is -0.549. The first-order chi connectivity index (χ1) is 14.0. The van der Waals surface area contributed by atoms with Crippen molar-refractivity contribution in [2.75, 3.05) is 0 Å². The molecule has 0 fully saturated rings.